The van der Waals surface area contributed by atoms with Gasteiger partial charge in [-0.1, -0.05) is 115 Å². The van der Waals surface area contributed by atoms with Gasteiger partial charge in [0, 0.05) is 0 Å². The second-order valence-electron chi connectivity index (χ2n) is 8.25. The van der Waals surface area contributed by atoms with Crippen LogP contribution in [-0.4, -0.2) is 13.0 Å². The van der Waals surface area contributed by atoms with E-state index in [1.165, 1.54) is 44.4 Å². The first-order valence-electron chi connectivity index (χ1n) is 11.3. The summed E-state index contributed by atoms with van der Waals surface area (Å²) in [5.74, 6) is 0. The molecule has 0 aliphatic rings. The third kappa shape index (κ3) is 6.04. The number of aryl methyl sites for hydroxylation is 2. The number of hydrogen-bond donors (Lipinski definition) is 1. The topological polar surface area (TPSA) is 54.4 Å². The Morgan fingerprint density at radius 3 is 1.66 bits per heavy atom. The Labute approximate surface area is 208 Å². The first kappa shape index (κ1) is 24.8. The van der Waals surface area contributed by atoms with E-state index in [0.717, 1.165) is 5.56 Å². The fraction of sp³-hybridized carbons (Fsp3) is 0.0667. The maximum atomic E-state index is 10.5. The predicted molar refractivity (Wildman–Crippen MR) is 148 cm³/mol. The fourth-order valence-corrected chi connectivity index (χ4v) is 7.04. The molecule has 5 heteroatoms. The Bertz CT molecular complexity index is 1480. The minimum Gasteiger partial charge on any atom is -0.282 e. The van der Waals surface area contributed by atoms with E-state index in [-0.39, 0.29) is 4.90 Å². The van der Waals surface area contributed by atoms with Crippen molar-refractivity contribution in [2.45, 2.75) is 18.7 Å². The summed E-state index contributed by atoms with van der Waals surface area (Å²) >= 11 is 0. The third-order valence-electron chi connectivity index (χ3n) is 5.67. The molecule has 0 aliphatic heterocycles. The quantitative estimate of drug-likeness (QED) is 0.239. The lowest BCUT2D eigenvalue weighted by atomic mass is 10.1. The molecule has 176 valence electrons. The van der Waals surface area contributed by atoms with Crippen LogP contribution < -0.4 is 15.9 Å². The van der Waals surface area contributed by atoms with Crippen molar-refractivity contribution in [3.63, 3.8) is 0 Å². The van der Waals surface area contributed by atoms with Crippen molar-refractivity contribution < 1.29 is 13.0 Å². The molecule has 35 heavy (non-hydrogen) atoms. The van der Waals surface area contributed by atoms with Crippen molar-refractivity contribution in [3.05, 3.63) is 132 Å². The van der Waals surface area contributed by atoms with Crippen LogP contribution in [0.15, 0.2) is 126 Å². The highest BCUT2D eigenvalue weighted by molar-refractivity contribution is 7.85. The highest BCUT2D eigenvalue weighted by Crippen LogP contribution is 2.37. The van der Waals surface area contributed by atoms with Crippen molar-refractivity contribution >= 4 is 44.7 Å². The van der Waals surface area contributed by atoms with Crippen LogP contribution in [0.3, 0.4) is 0 Å². The smallest absolute Gasteiger partial charge is 0.282 e. The van der Waals surface area contributed by atoms with Crippen molar-refractivity contribution in [2.75, 3.05) is 0 Å². The Morgan fingerprint density at radius 1 is 0.600 bits per heavy atom. The maximum Gasteiger partial charge on any atom is 0.294 e. The van der Waals surface area contributed by atoms with Gasteiger partial charge in [-0.05, 0) is 66.2 Å². The molecule has 0 aromatic heterocycles. The van der Waals surface area contributed by atoms with E-state index < -0.39 is 18.0 Å². The minimum absolute atomic E-state index is 0.0666. The molecule has 0 saturated carbocycles. The molecule has 5 rings (SSSR count). The van der Waals surface area contributed by atoms with Crippen molar-refractivity contribution in [2.24, 2.45) is 0 Å². The number of rotatable bonds is 4. The van der Waals surface area contributed by atoms with Gasteiger partial charge in [0.05, 0.1) is 4.90 Å². The van der Waals surface area contributed by atoms with E-state index in [1.807, 2.05) is 6.92 Å². The minimum atomic E-state index is -4.02. The Morgan fingerprint density at radius 2 is 1.11 bits per heavy atom. The lowest BCUT2D eigenvalue weighted by Gasteiger charge is -2.23. The monoisotopic (exact) mass is 498 g/mol. The van der Waals surface area contributed by atoms with Gasteiger partial charge in [0.2, 0.25) is 0 Å². The molecule has 0 heterocycles. The Kier molecular flexibility index (Phi) is 7.77. The van der Waals surface area contributed by atoms with Crippen LogP contribution in [0, 0.1) is 13.8 Å². The summed E-state index contributed by atoms with van der Waals surface area (Å²) in [6.07, 6.45) is 0. The van der Waals surface area contributed by atoms with Crippen LogP contribution in [0.4, 0.5) is 0 Å². The summed E-state index contributed by atoms with van der Waals surface area (Å²) in [5, 5.41) is 6.96. The molecule has 1 N–H and O–H groups in total. The van der Waals surface area contributed by atoms with Gasteiger partial charge in [0.1, 0.15) is 0 Å². The molecule has 0 aliphatic carbocycles. The Balaban J connectivity index is 0.000000221. The van der Waals surface area contributed by atoms with Gasteiger partial charge < -0.3 is 0 Å². The van der Waals surface area contributed by atoms with E-state index in [2.05, 4.69) is 104 Å². The zero-order chi connectivity index (χ0) is 24.8. The largest absolute Gasteiger partial charge is 0.294 e. The molecule has 0 fully saturated rings. The standard InChI is InChI=1S/C23H19P.C7H8O3S/c1-18-16-17-19-10-8-9-15-22(19)23(18)24(20-11-4-2-5-12-20)21-13-6-3-7-14-21;1-6-2-4-7(5-3-6)11(8,9)10/h2-17H,1H3;2-5H,1H3,(H,8,9,10). The van der Waals surface area contributed by atoms with Crippen LogP contribution >= 0.6 is 7.92 Å². The van der Waals surface area contributed by atoms with Crippen LogP contribution in [0.1, 0.15) is 11.1 Å². The maximum absolute atomic E-state index is 10.5. The molecule has 0 bridgehead atoms. The van der Waals surface area contributed by atoms with E-state index in [4.69, 9.17) is 4.55 Å². The molecular weight excluding hydrogens is 471 g/mol. The van der Waals surface area contributed by atoms with Gasteiger partial charge in [-0.15, -0.1) is 0 Å². The van der Waals surface area contributed by atoms with Crippen molar-refractivity contribution in [1.29, 1.82) is 0 Å². The van der Waals surface area contributed by atoms with Gasteiger partial charge in [0.25, 0.3) is 10.1 Å². The van der Waals surface area contributed by atoms with Crippen LogP contribution in [-0.2, 0) is 10.1 Å². The predicted octanol–water partition coefficient (Wildman–Crippen LogP) is 6.15. The normalized spacial score (nSPS) is 11.2. The number of fused-ring (bicyclic) bond motifs is 1. The second kappa shape index (κ2) is 11.0. The summed E-state index contributed by atoms with van der Waals surface area (Å²) in [6.45, 7) is 4.08. The highest BCUT2D eigenvalue weighted by atomic mass is 32.2. The van der Waals surface area contributed by atoms with Crippen molar-refractivity contribution in [3.8, 4) is 0 Å². The molecule has 0 saturated heterocycles. The molecular formula is C30H27O3PS. The van der Waals surface area contributed by atoms with Gasteiger partial charge >= 0.3 is 0 Å². The highest BCUT2D eigenvalue weighted by Gasteiger charge is 2.20. The SMILES string of the molecule is Cc1ccc(S(=O)(=O)O)cc1.Cc1ccc2ccccc2c1P(c1ccccc1)c1ccccc1. The zero-order valence-electron chi connectivity index (χ0n) is 19.7. The Hall–Kier alpha value is -3.30. The van der Waals surface area contributed by atoms with E-state index >= 15 is 0 Å². The van der Waals surface area contributed by atoms with Gasteiger partial charge in [-0.25, -0.2) is 0 Å². The molecule has 0 radical (unpaired) electrons. The number of benzene rings is 5. The van der Waals surface area contributed by atoms with E-state index in [9.17, 15) is 8.42 Å². The average Bonchev–Trinajstić information content (AvgIpc) is 2.87. The summed E-state index contributed by atoms with van der Waals surface area (Å²) in [7, 11) is -4.59. The molecule has 5 aromatic rings. The summed E-state index contributed by atoms with van der Waals surface area (Å²) < 4.78 is 29.6. The molecule has 0 unspecified atom stereocenters. The molecule has 0 atom stereocenters. The number of hydrogen-bond acceptors (Lipinski definition) is 2. The third-order valence-corrected chi connectivity index (χ3v) is 9.21. The lowest BCUT2D eigenvalue weighted by Crippen LogP contribution is -2.23. The van der Waals surface area contributed by atoms with Crippen LogP contribution in [0.25, 0.3) is 10.8 Å². The van der Waals surface area contributed by atoms with Gasteiger partial charge in [-0.2, -0.15) is 8.42 Å². The molecule has 5 aromatic carbocycles. The van der Waals surface area contributed by atoms with Gasteiger partial charge in [-0.3, -0.25) is 4.55 Å². The van der Waals surface area contributed by atoms with Gasteiger partial charge in [0.15, 0.2) is 0 Å². The first-order valence-corrected chi connectivity index (χ1v) is 14.1. The fourth-order valence-electron chi connectivity index (χ4n) is 3.93. The average molecular weight is 499 g/mol. The van der Waals surface area contributed by atoms with Crippen LogP contribution in [0.5, 0.6) is 0 Å². The molecule has 0 amide bonds. The summed E-state index contributed by atoms with van der Waals surface area (Å²) in [4.78, 5) is -0.0666. The zero-order valence-corrected chi connectivity index (χ0v) is 21.4. The van der Waals surface area contributed by atoms with Crippen molar-refractivity contribution in [1.82, 2.24) is 0 Å². The van der Waals surface area contributed by atoms with E-state index in [0.29, 0.717) is 0 Å². The van der Waals surface area contributed by atoms with E-state index in [1.54, 1.807) is 12.1 Å². The first-order chi connectivity index (χ1) is 16.8. The van der Waals surface area contributed by atoms with Crippen LogP contribution in [0.2, 0.25) is 0 Å². The molecule has 3 nitrogen and oxygen atoms in total. The molecule has 0 spiro atoms. The second-order valence-corrected chi connectivity index (χ2v) is 11.8. The lowest BCUT2D eigenvalue weighted by molar-refractivity contribution is 0.483. The summed E-state index contributed by atoms with van der Waals surface area (Å²) in [5.41, 5.74) is 2.32. The summed E-state index contributed by atoms with van der Waals surface area (Å²) in [6, 6.07) is 41.1.